The van der Waals surface area contributed by atoms with Crippen LogP contribution in [-0.4, -0.2) is 17.5 Å². The minimum absolute atomic E-state index is 0.350. The zero-order valence-corrected chi connectivity index (χ0v) is 7.70. The number of ether oxygens (including phenoxy) is 1. The fourth-order valence-electron chi connectivity index (χ4n) is 2.66. The van der Waals surface area contributed by atoms with Crippen LogP contribution < -0.4 is 0 Å². The number of hydrogen-bond donors (Lipinski definition) is 1. The number of rotatable bonds is 0. The first-order valence-electron chi connectivity index (χ1n) is 5.11. The van der Waals surface area contributed by atoms with Crippen molar-refractivity contribution in [2.24, 2.45) is 11.8 Å². The lowest BCUT2D eigenvalue weighted by atomic mass is 9.76. The van der Waals surface area contributed by atoms with Crippen molar-refractivity contribution < 1.29 is 9.84 Å². The van der Waals surface area contributed by atoms with Gasteiger partial charge in [0.1, 0.15) is 0 Å². The van der Waals surface area contributed by atoms with Crippen LogP contribution in [0.15, 0.2) is 0 Å². The predicted molar refractivity (Wildman–Crippen MR) is 46.6 cm³/mol. The lowest BCUT2D eigenvalue weighted by molar-refractivity contribution is -0.204. The van der Waals surface area contributed by atoms with Gasteiger partial charge >= 0.3 is 0 Å². The smallest absolute Gasteiger partial charge is 0.154 e. The van der Waals surface area contributed by atoms with Crippen molar-refractivity contribution in [1.29, 1.82) is 0 Å². The normalized spacial score (nSPS) is 48.5. The minimum atomic E-state index is -0.480. The van der Waals surface area contributed by atoms with E-state index in [2.05, 4.69) is 6.92 Å². The van der Waals surface area contributed by atoms with Crippen molar-refractivity contribution in [2.75, 3.05) is 0 Å². The van der Waals surface area contributed by atoms with E-state index in [9.17, 15) is 5.11 Å². The third-order valence-corrected chi connectivity index (χ3v) is 3.36. The Bertz CT molecular complexity index is 158. The number of aliphatic hydroxyl groups excluding tert-OH is 1. The van der Waals surface area contributed by atoms with Crippen molar-refractivity contribution in [1.82, 2.24) is 0 Å². The summed E-state index contributed by atoms with van der Waals surface area (Å²) in [5, 5.41) is 9.34. The summed E-state index contributed by atoms with van der Waals surface area (Å²) in [5.41, 5.74) is 0. The summed E-state index contributed by atoms with van der Waals surface area (Å²) >= 11 is 0. The highest BCUT2D eigenvalue weighted by Crippen LogP contribution is 2.38. The number of aliphatic hydroxyl groups is 1. The van der Waals surface area contributed by atoms with Crippen molar-refractivity contribution in [3.63, 3.8) is 0 Å². The molecule has 1 aliphatic carbocycles. The largest absolute Gasteiger partial charge is 0.368 e. The van der Waals surface area contributed by atoms with Crippen LogP contribution in [-0.2, 0) is 4.74 Å². The molecular formula is C10H18O2. The van der Waals surface area contributed by atoms with Crippen molar-refractivity contribution in [2.45, 2.75) is 51.4 Å². The third kappa shape index (κ3) is 1.50. The van der Waals surface area contributed by atoms with Gasteiger partial charge in [-0.3, -0.25) is 0 Å². The van der Waals surface area contributed by atoms with Crippen LogP contribution in [0.5, 0.6) is 0 Å². The molecule has 1 aliphatic heterocycles. The van der Waals surface area contributed by atoms with Gasteiger partial charge in [-0.15, -0.1) is 0 Å². The standard InChI is InChI=1S/C10H18O2/c1-7-3-2-4-8-5-6-9(11)12-10(7)8/h7-11H,2-6H2,1H3. The Morgan fingerprint density at radius 1 is 1.17 bits per heavy atom. The Morgan fingerprint density at radius 3 is 2.83 bits per heavy atom. The lowest BCUT2D eigenvalue weighted by Gasteiger charge is -2.41. The molecule has 70 valence electrons. The van der Waals surface area contributed by atoms with Gasteiger partial charge in [0, 0.05) is 0 Å². The maximum absolute atomic E-state index is 9.34. The summed E-state index contributed by atoms with van der Waals surface area (Å²) in [6.45, 7) is 2.24. The molecule has 2 heteroatoms. The first-order valence-corrected chi connectivity index (χ1v) is 5.11. The molecule has 0 amide bonds. The van der Waals surface area contributed by atoms with Gasteiger partial charge in [0.05, 0.1) is 6.10 Å². The lowest BCUT2D eigenvalue weighted by Crippen LogP contribution is -2.41. The van der Waals surface area contributed by atoms with E-state index in [1.807, 2.05) is 0 Å². The van der Waals surface area contributed by atoms with E-state index in [-0.39, 0.29) is 0 Å². The average Bonchev–Trinajstić information content (AvgIpc) is 2.07. The molecule has 1 saturated carbocycles. The highest BCUT2D eigenvalue weighted by atomic mass is 16.6. The van der Waals surface area contributed by atoms with Gasteiger partial charge in [0.25, 0.3) is 0 Å². The third-order valence-electron chi connectivity index (χ3n) is 3.36. The van der Waals surface area contributed by atoms with Crippen molar-refractivity contribution in [3.05, 3.63) is 0 Å². The average molecular weight is 170 g/mol. The molecule has 12 heavy (non-hydrogen) atoms. The van der Waals surface area contributed by atoms with Crippen molar-refractivity contribution in [3.8, 4) is 0 Å². The van der Waals surface area contributed by atoms with Crippen LogP contribution >= 0.6 is 0 Å². The van der Waals surface area contributed by atoms with Gasteiger partial charge in [0.15, 0.2) is 6.29 Å². The fourth-order valence-corrected chi connectivity index (χ4v) is 2.66. The number of fused-ring (bicyclic) bond motifs is 1. The molecule has 0 aromatic carbocycles. The van der Waals surface area contributed by atoms with Gasteiger partial charge in [0.2, 0.25) is 0 Å². The monoisotopic (exact) mass is 170 g/mol. The molecular weight excluding hydrogens is 152 g/mol. The van der Waals surface area contributed by atoms with E-state index in [0.29, 0.717) is 12.0 Å². The minimum Gasteiger partial charge on any atom is -0.368 e. The summed E-state index contributed by atoms with van der Waals surface area (Å²) in [6.07, 6.45) is 5.80. The van der Waals surface area contributed by atoms with E-state index in [4.69, 9.17) is 4.74 Å². The Hall–Kier alpha value is -0.0800. The topological polar surface area (TPSA) is 29.5 Å². The van der Waals surface area contributed by atoms with E-state index < -0.39 is 6.29 Å². The van der Waals surface area contributed by atoms with Gasteiger partial charge in [-0.25, -0.2) is 0 Å². The Kier molecular flexibility index (Phi) is 2.37. The molecule has 4 unspecified atom stereocenters. The molecule has 0 aromatic rings. The van der Waals surface area contributed by atoms with Gasteiger partial charge in [-0.1, -0.05) is 13.3 Å². The van der Waals surface area contributed by atoms with E-state index in [0.717, 1.165) is 18.8 Å². The Balaban J connectivity index is 2.00. The van der Waals surface area contributed by atoms with Crippen LogP contribution in [0.2, 0.25) is 0 Å². The molecule has 1 heterocycles. The summed E-state index contributed by atoms with van der Waals surface area (Å²) in [7, 11) is 0. The van der Waals surface area contributed by atoms with Crippen LogP contribution in [0.25, 0.3) is 0 Å². The molecule has 2 aliphatic rings. The predicted octanol–water partition coefficient (Wildman–Crippen LogP) is 1.92. The first kappa shape index (κ1) is 8.52. The van der Waals surface area contributed by atoms with Crippen LogP contribution in [0.1, 0.15) is 39.0 Å². The SMILES string of the molecule is CC1CCCC2CCC(O)OC12. The molecule has 1 N–H and O–H groups in total. The fraction of sp³-hybridized carbons (Fsp3) is 1.00. The van der Waals surface area contributed by atoms with Crippen LogP contribution in [0.3, 0.4) is 0 Å². The summed E-state index contributed by atoms with van der Waals surface area (Å²) in [4.78, 5) is 0. The molecule has 2 rings (SSSR count). The highest BCUT2D eigenvalue weighted by Gasteiger charge is 2.36. The zero-order chi connectivity index (χ0) is 8.55. The second-order valence-electron chi connectivity index (χ2n) is 4.30. The van der Waals surface area contributed by atoms with Crippen LogP contribution in [0.4, 0.5) is 0 Å². The van der Waals surface area contributed by atoms with Crippen LogP contribution in [0, 0.1) is 11.8 Å². The maximum Gasteiger partial charge on any atom is 0.154 e. The second-order valence-corrected chi connectivity index (χ2v) is 4.30. The molecule has 0 radical (unpaired) electrons. The molecule has 4 atom stereocenters. The molecule has 2 fully saturated rings. The van der Waals surface area contributed by atoms with E-state index in [1.54, 1.807) is 0 Å². The number of hydrogen-bond acceptors (Lipinski definition) is 2. The molecule has 1 saturated heterocycles. The molecule has 0 aromatic heterocycles. The summed E-state index contributed by atoms with van der Waals surface area (Å²) in [6, 6.07) is 0. The maximum atomic E-state index is 9.34. The van der Waals surface area contributed by atoms with Crippen molar-refractivity contribution >= 4 is 0 Å². The van der Waals surface area contributed by atoms with Gasteiger partial charge < -0.3 is 9.84 Å². The van der Waals surface area contributed by atoms with Gasteiger partial charge in [-0.2, -0.15) is 0 Å². The highest BCUT2D eigenvalue weighted by molar-refractivity contribution is 4.83. The summed E-state index contributed by atoms with van der Waals surface area (Å²) < 4.78 is 5.56. The zero-order valence-electron chi connectivity index (χ0n) is 7.70. The Labute approximate surface area is 73.9 Å². The molecule has 0 bridgehead atoms. The summed E-state index contributed by atoms with van der Waals surface area (Å²) in [5.74, 6) is 1.39. The van der Waals surface area contributed by atoms with Gasteiger partial charge in [-0.05, 0) is 37.5 Å². The quantitative estimate of drug-likeness (QED) is 0.602. The van der Waals surface area contributed by atoms with E-state index >= 15 is 0 Å². The molecule has 0 spiro atoms. The second kappa shape index (κ2) is 3.35. The molecule has 2 nitrogen and oxygen atoms in total. The Morgan fingerprint density at radius 2 is 2.00 bits per heavy atom. The van der Waals surface area contributed by atoms with E-state index in [1.165, 1.54) is 19.3 Å². The first-order chi connectivity index (χ1) is 5.77.